The zero-order valence-corrected chi connectivity index (χ0v) is 37.5. The molecular formula is C63H38N4S. The van der Waals surface area contributed by atoms with Gasteiger partial charge in [-0.1, -0.05) is 176 Å². The monoisotopic (exact) mass is 882 g/mol. The van der Waals surface area contributed by atoms with E-state index in [-0.39, 0.29) is 0 Å². The molecule has 0 amide bonds. The predicted octanol–water partition coefficient (Wildman–Crippen LogP) is 17.1. The molecule has 68 heavy (non-hydrogen) atoms. The van der Waals surface area contributed by atoms with Crippen LogP contribution in [-0.4, -0.2) is 19.5 Å². The van der Waals surface area contributed by atoms with Crippen LogP contribution in [0.25, 0.3) is 136 Å². The summed E-state index contributed by atoms with van der Waals surface area (Å²) in [7, 11) is 0. The molecule has 0 atom stereocenters. The minimum atomic E-state index is 0.561. The number of aromatic nitrogens is 4. The quantitative estimate of drug-likeness (QED) is 0.167. The molecule has 3 heterocycles. The molecule has 11 aromatic carbocycles. The number of nitrogens with zero attached hydrogens (tertiary/aromatic N) is 4. The summed E-state index contributed by atoms with van der Waals surface area (Å²) in [6, 6.07) is 82.9. The molecule has 5 heteroatoms. The third kappa shape index (κ3) is 6.24. The summed E-state index contributed by atoms with van der Waals surface area (Å²) in [6.07, 6.45) is 0. The first-order valence-corrected chi connectivity index (χ1v) is 23.8. The van der Waals surface area contributed by atoms with E-state index in [1.165, 1.54) is 69.0 Å². The van der Waals surface area contributed by atoms with Crippen molar-refractivity contribution in [2.75, 3.05) is 0 Å². The Balaban J connectivity index is 1.03. The molecule has 3 aromatic heterocycles. The van der Waals surface area contributed by atoms with E-state index < -0.39 is 0 Å². The van der Waals surface area contributed by atoms with Crippen LogP contribution in [0.1, 0.15) is 0 Å². The van der Waals surface area contributed by atoms with Gasteiger partial charge in [-0.15, -0.1) is 11.3 Å². The van der Waals surface area contributed by atoms with Gasteiger partial charge in [-0.3, -0.25) is 4.57 Å². The van der Waals surface area contributed by atoms with E-state index in [2.05, 4.69) is 217 Å². The first-order chi connectivity index (χ1) is 33.7. The van der Waals surface area contributed by atoms with Gasteiger partial charge in [0.2, 0.25) is 5.95 Å². The Kier molecular flexibility index (Phi) is 8.73. The fraction of sp³-hybridized carbons (Fsp3) is 0. The van der Waals surface area contributed by atoms with Gasteiger partial charge in [-0.05, 0) is 120 Å². The zero-order valence-electron chi connectivity index (χ0n) is 36.6. The summed E-state index contributed by atoms with van der Waals surface area (Å²) in [6.45, 7) is 0. The maximum Gasteiger partial charge on any atom is 0.238 e. The topological polar surface area (TPSA) is 43.6 Å². The van der Waals surface area contributed by atoms with Crippen molar-refractivity contribution in [2.24, 2.45) is 0 Å². The lowest BCUT2D eigenvalue weighted by Crippen LogP contribution is -2.06. The van der Waals surface area contributed by atoms with E-state index in [1.54, 1.807) is 0 Å². The molecule has 0 saturated carbocycles. The minimum absolute atomic E-state index is 0.561. The molecule has 0 aliphatic rings. The summed E-state index contributed by atoms with van der Waals surface area (Å²) in [5, 5.41) is 12.2. The van der Waals surface area contributed by atoms with Crippen LogP contribution in [0.15, 0.2) is 231 Å². The second kappa shape index (κ2) is 15.4. The average Bonchev–Trinajstić information content (AvgIpc) is 3.96. The standard InChI is InChI=1S/C63H38N4S/c1-3-15-39(16-4-1)46-34-47(44-28-27-40-17-7-8-21-43(40)33-44)36-48(35-46)62-64-61(42-19-5-2-6-20-42)65-63(66-62)67-55-31-30-45(37-54(55)59-49-22-10-9-18-41(49)29-32-56(59)67)53-38-58-60(51-24-12-11-23-50(51)53)52-25-13-14-26-57(52)68-58/h1-38H. The molecule has 14 aromatic rings. The van der Waals surface area contributed by atoms with E-state index in [4.69, 9.17) is 15.0 Å². The number of benzene rings is 11. The van der Waals surface area contributed by atoms with Gasteiger partial charge in [-0.25, -0.2) is 4.98 Å². The fourth-order valence-corrected chi connectivity index (χ4v) is 11.6. The molecule has 0 aliphatic heterocycles. The zero-order chi connectivity index (χ0) is 44.7. The molecule has 0 aliphatic carbocycles. The lowest BCUT2D eigenvalue weighted by atomic mass is 9.94. The van der Waals surface area contributed by atoms with Gasteiger partial charge in [0.05, 0.1) is 11.0 Å². The molecule has 0 spiro atoms. The van der Waals surface area contributed by atoms with Crippen molar-refractivity contribution in [3.8, 4) is 62.1 Å². The van der Waals surface area contributed by atoms with Crippen molar-refractivity contribution in [3.05, 3.63) is 231 Å². The van der Waals surface area contributed by atoms with Gasteiger partial charge >= 0.3 is 0 Å². The average molecular weight is 883 g/mol. The van der Waals surface area contributed by atoms with E-state index >= 15 is 0 Å². The summed E-state index contributed by atoms with van der Waals surface area (Å²) >= 11 is 1.87. The van der Waals surface area contributed by atoms with E-state index in [1.807, 2.05) is 29.5 Å². The molecule has 0 N–H and O–H groups in total. The predicted molar refractivity (Wildman–Crippen MR) is 287 cm³/mol. The molecule has 0 bridgehead atoms. The number of fused-ring (bicyclic) bond motifs is 11. The highest BCUT2D eigenvalue weighted by Gasteiger charge is 2.22. The molecule has 4 nitrogen and oxygen atoms in total. The van der Waals surface area contributed by atoms with Crippen molar-refractivity contribution in [3.63, 3.8) is 0 Å². The van der Waals surface area contributed by atoms with Crippen LogP contribution in [0.3, 0.4) is 0 Å². The summed E-state index contributed by atoms with van der Waals surface area (Å²) in [4.78, 5) is 16.2. The Bertz CT molecular complexity index is 4320. The van der Waals surface area contributed by atoms with Crippen LogP contribution >= 0.6 is 11.3 Å². The summed E-state index contributed by atoms with van der Waals surface area (Å²) in [5.41, 5.74) is 10.7. The Hall–Kier alpha value is -8.77. The number of hydrogen-bond donors (Lipinski definition) is 0. The Morgan fingerprint density at radius 3 is 1.69 bits per heavy atom. The van der Waals surface area contributed by atoms with Crippen molar-refractivity contribution >= 4 is 85.6 Å². The van der Waals surface area contributed by atoms with E-state index in [0.717, 1.165) is 49.8 Å². The SMILES string of the molecule is c1ccc(-c2cc(-c3ccc4ccccc4c3)cc(-c3nc(-c4ccccc4)nc(-n4c5ccc(-c6cc7sc8ccccc8c7c7ccccc67)cc5c5c6ccccc6ccc54)n3)c2)cc1. The first kappa shape index (κ1) is 38.5. The van der Waals surface area contributed by atoms with Gasteiger partial charge in [0.15, 0.2) is 11.6 Å². The fourth-order valence-electron chi connectivity index (χ4n) is 10.4. The van der Waals surface area contributed by atoms with Crippen LogP contribution in [0, 0.1) is 0 Å². The lowest BCUT2D eigenvalue weighted by molar-refractivity contribution is 0.954. The van der Waals surface area contributed by atoms with Crippen LogP contribution in [0.2, 0.25) is 0 Å². The maximum absolute atomic E-state index is 5.49. The largest absolute Gasteiger partial charge is 0.278 e. The molecule has 14 rings (SSSR count). The highest BCUT2D eigenvalue weighted by molar-refractivity contribution is 7.26. The molecule has 0 saturated heterocycles. The van der Waals surface area contributed by atoms with Gasteiger partial charge in [0.1, 0.15) is 0 Å². The highest BCUT2D eigenvalue weighted by atomic mass is 32.1. The Morgan fingerprint density at radius 2 is 0.882 bits per heavy atom. The van der Waals surface area contributed by atoms with Gasteiger partial charge in [0, 0.05) is 42.1 Å². The number of rotatable bonds is 6. The molecule has 316 valence electrons. The van der Waals surface area contributed by atoms with Crippen molar-refractivity contribution < 1.29 is 0 Å². The molecule has 0 unspecified atom stereocenters. The van der Waals surface area contributed by atoms with E-state index in [9.17, 15) is 0 Å². The van der Waals surface area contributed by atoms with Crippen LogP contribution in [0.4, 0.5) is 0 Å². The third-order valence-electron chi connectivity index (χ3n) is 13.6. The summed E-state index contributed by atoms with van der Waals surface area (Å²) < 4.78 is 4.84. The van der Waals surface area contributed by atoms with Crippen LogP contribution in [-0.2, 0) is 0 Å². The molecular weight excluding hydrogens is 845 g/mol. The maximum atomic E-state index is 5.49. The second-order valence-corrected chi connectivity index (χ2v) is 18.6. The van der Waals surface area contributed by atoms with Crippen molar-refractivity contribution in [1.82, 2.24) is 19.5 Å². The molecule has 0 radical (unpaired) electrons. The Labute approximate surface area is 395 Å². The Morgan fingerprint density at radius 1 is 0.294 bits per heavy atom. The van der Waals surface area contributed by atoms with Gasteiger partial charge in [0.25, 0.3) is 0 Å². The minimum Gasteiger partial charge on any atom is -0.278 e. The van der Waals surface area contributed by atoms with Gasteiger partial charge in [-0.2, -0.15) is 9.97 Å². The van der Waals surface area contributed by atoms with Crippen molar-refractivity contribution in [2.45, 2.75) is 0 Å². The highest BCUT2D eigenvalue weighted by Crippen LogP contribution is 2.45. The van der Waals surface area contributed by atoms with Gasteiger partial charge < -0.3 is 0 Å². The lowest BCUT2D eigenvalue weighted by Gasteiger charge is -2.14. The smallest absolute Gasteiger partial charge is 0.238 e. The second-order valence-electron chi connectivity index (χ2n) is 17.6. The van der Waals surface area contributed by atoms with Crippen LogP contribution < -0.4 is 0 Å². The molecule has 0 fully saturated rings. The van der Waals surface area contributed by atoms with Crippen LogP contribution in [0.5, 0.6) is 0 Å². The number of hydrogen-bond acceptors (Lipinski definition) is 4. The normalized spacial score (nSPS) is 11.8. The van der Waals surface area contributed by atoms with E-state index in [0.29, 0.717) is 17.6 Å². The summed E-state index contributed by atoms with van der Waals surface area (Å²) in [5.74, 6) is 1.77. The third-order valence-corrected chi connectivity index (χ3v) is 14.7. The first-order valence-electron chi connectivity index (χ1n) is 23.0. The number of thiophene rings is 1. The van der Waals surface area contributed by atoms with Crippen molar-refractivity contribution in [1.29, 1.82) is 0 Å².